The number of piperazine rings is 1. The van der Waals surface area contributed by atoms with Gasteiger partial charge in [0, 0.05) is 37.6 Å². The average molecular weight is 425 g/mol. The Morgan fingerprint density at radius 1 is 1.14 bits per heavy atom. The zero-order valence-corrected chi connectivity index (χ0v) is 16.3. The lowest BCUT2D eigenvalue weighted by molar-refractivity contribution is 0.181. The van der Waals surface area contributed by atoms with E-state index in [0.717, 1.165) is 22.8 Å². The van der Waals surface area contributed by atoms with Gasteiger partial charge in [-0.3, -0.25) is 4.90 Å². The van der Waals surface area contributed by atoms with Gasteiger partial charge >= 0.3 is 0 Å². The molecule has 1 saturated heterocycles. The predicted octanol–water partition coefficient (Wildman–Crippen LogP) is 3.19. The fraction of sp³-hybridized carbons (Fsp3) is 0.278. The molecule has 10 heteroatoms. The Labute approximate surface area is 165 Å². The number of thiazole rings is 1. The van der Waals surface area contributed by atoms with E-state index in [1.54, 1.807) is 12.3 Å². The highest BCUT2D eigenvalue weighted by Gasteiger charge is 2.31. The van der Waals surface area contributed by atoms with E-state index in [0.29, 0.717) is 31.5 Å². The summed E-state index contributed by atoms with van der Waals surface area (Å²) in [5.41, 5.74) is 0.776. The van der Waals surface area contributed by atoms with E-state index in [4.69, 9.17) is 4.42 Å². The molecule has 0 saturated carbocycles. The number of halogens is 2. The summed E-state index contributed by atoms with van der Waals surface area (Å²) in [4.78, 5) is 6.15. The number of hydrogen-bond acceptors (Lipinski definition) is 6. The van der Waals surface area contributed by atoms with Crippen molar-refractivity contribution >= 4 is 21.4 Å². The number of sulfonamides is 1. The zero-order valence-electron chi connectivity index (χ0n) is 14.7. The van der Waals surface area contributed by atoms with Crippen LogP contribution in [0.4, 0.5) is 8.78 Å². The molecule has 0 aliphatic carbocycles. The molecule has 0 unspecified atom stereocenters. The van der Waals surface area contributed by atoms with Crippen molar-refractivity contribution in [2.24, 2.45) is 0 Å². The molecule has 1 aliphatic heterocycles. The molecule has 3 heterocycles. The van der Waals surface area contributed by atoms with Gasteiger partial charge in [-0.25, -0.2) is 22.2 Å². The molecule has 6 nitrogen and oxygen atoms in total. The van der Waals surface area contributed by atoms with Gasteiger partial charge in [0.2, 0.25) is 10.0 Å². The van der Waals surface area contributed by atoms with Crippen LogP contribution < -0.4 is 0 Å². The highest BCUT2D eigenvalue weighted by Crippen LogP contribution is 2.25. The number of benzene rings is 1. The highest BCUT2D eigenvalue weighted by molar-refractivity contribution is 7.89. The molecule has 4 rings (SSSR count). The molecule has 0 atom stereocenters. The van der Waals surface area contributed by atoms with Crippen molar-refractivity contribution < 1.29 is 21.6 Å². The molecule has 28 heavy (non-hydrogen) atoms. The van der Waals surface area contributed by atoms with Gasteiger partial charge in [-0.15, -0.1) is 11.3 Å². The third kappa shape index (κ3) is 3.86. The van der Waals surface area contributed by atoms with Crippen LogP contribution in [-0.2, 0) is 16.6 Å². The van der Waals surface area contributed by atoms with E-state index < -0.39 is 26.6 Å². The number of furan rings is 1. The van der Waals surface area contributed by atoms with Crippen LogP contribution >= 0.6 is 11.3 Å². The van der Waals surface area contributed by atoms with Crippen LogP contribution in [0.15, 0.2) is 51.3 Å². The second kappa shape index (κ2) is 7.70. The minimum atomic E-state index is -3.99. The standard InChI is InChI=1S/C18H17F2N3O3S2/c19-13-3-4-17(14(20)10-13)28(24,25)23-7-5-22(6-8-23)11-18-21-15(12-27-18)16-2-1-9-26-16/h1-4,9-10,12H,5-8,11H2. The fourth-order valence-electron chi connectivity index (χ4n) is 3.06. The lowest BCUT2D eigenvalue weighted by Gasteiger charge is -2.33. The Balaban J connectivity index is 1.39. The van der Waals surface area contributed by atoms with Gasteiger partial charge in [-0.2, -0.15) is 4.31 Å². The van der Waals surface area contributed by atoms with Gasteiger partial charge in [0.15, 0.2) is 5.76 Å². The summed E-state index contributed by atoms with van der Waals surface area (Å²) in [6.45, 7) is 2.06. The van der Waals surface area contributed by atoms with E-state index >= 15 is 0 Å². The van der Waals surface area contributed by atoms with Crippen LogP contribution in [0.25, 0.3) is 11.5 Å². The number of rotatable bonds is 5. The number of aromatic nitrogens is 1. The summed E-state index contributed by atoms with van der Waals surface area (Å²) in [5.74, 6) is -1.17. The van der Waals surface area contributed by atoms with Crippen molar-refractivity contribution in [3.63, 3.8) is 0 Å². The number of nitrogens with zero attached hydrogens (tertiary/aromatic N) is 3. The molecular formula is C18H17F2N3O3S2. The van der Waals surface area contributed by atoms with Gasteiger partial charge in [-0.1, -0.05) is 0 Å². The van der Waals surface area contributed by atoms with E-state index in [1.165, 1.54) is 15.6 Å². The fourth-order valence-corrected chi connectivity index (χ4v) is 5.36. The molecule has 0 N–H and O–H groups in total. The average Bonchev–Trinajstić information content (AvgIpc) is 3.33. The van der Waals surface area contributed by atoms with Crippen molar-refractivity contribution in [1.29, 1.82) is 0 Å². The van der Waals surface area contributed by atoms with Gasteiger partial charge in [-0.05, 0) is 24.3 Å². The Hall–Kier alpha value is -2.14. The minimum absolute atomic E-state index is 0.232. The summed E-state index contributed by atoms with van der Waals surface area (Å²) >= 11 is 1.52. The van der Waals surface area contributed by atoms with Crippen LogP contribution in [0.5, 0.6) is 0 Å². The summed E-state index contributed by atoms with van der Waals surface area (Å²) < 4.78 is 58.8. The first-order valence-electron chi connectivity index (χ1n) is 8.59. The molecular weight excluding hydrogens is 408 g/mol. The van der Waals surface area contributed by atoms with Crippen LogP contribution in [0, 0.1) is 11.6 Å². The maximum atomic E-state index is 13.9. The molecule has 2 aromatic heterocycles. The van der Waals surface area contributed by atoms with Crippen LogP contribution in [0.3, 0.4) is 0 Å². The van der Waals surface area contributed by atoms with Crippen LogP contribution in [0.1, 0.15) is 5.01 Å². The normalized spacial score (nSPS) is 16.5. The maximum absolute atomic E-state index is 13.9. The SMILES string of the molecule is O=S(=O)(c1ccc(F)cc1F)N1CCN(Cc2nc(-c3ccco3)cs2)CC1. The van der Waals surface area contributed by atoms with E-state index in [9.17, 15) is 17.2 Å². The molecule has 0 amide bonds. The van der Waals surface area contributed by atoms with Crippen molar-refractivity contribution in [3.05, 3.63) is 58.6 Å². The van der Waals surface area contributed by atoms with Crippen molar-refractivity contribution in [2.75, 3.05) is 26.2 Å². The summed E-state index contributed by atoms with van der Waals surface area (Å²) in [6, 6.07) is 6.15. The molecule has 0 bridgehead atoms. The van der Waals surface area contributed by atoms with E-state index in [2.05, 4.69) is 9.88 Å². The maximum Gasteiger partial charge on any atom is 0.246 e. The zero-order chi connectivity index (χ0) is 19.7. The predicted molar refractivity (Wildman–Crippen MR) is 100 cm³/mol. The Morgan fingerprint density at radius 2 is 1.93 bits per heavy atom. The van der Waals surface area contributed by atoms with Crippen molar-refractivity contribution in [1.82, 2.24) is 14.2 Å². The van der Waals surface area contributed by atoms with E-state index in [1.807, 2.05) is 11.4 Å². The second-order valence-corrected chi connectivity index (χ2v) is 9.21. The van der Waals surface area contributed by atoms with Crippen LogP contribution in [0.2, 0.25) is 0 Å². The third-order valence-corrected chi connectivity index (χ3v) is 7.29. The topological polar surface area (TPSA) is 66.7 Å². The molecule has 0 radical (unpaired) electrons. The third-order valence-electron chi connectivity index (χ3n) is 4.53. The molecule has 148 valence electrons. The largest absolute Gasteiger partial charge is 0.463 e. The lowest BCUT2D eigenvalue weighted by Crippen LogP contribution is -2.48. The van der Waals surface area contributed by atoms with Crippen molar-refractivity contribution in [2.45, 2.75) is 11.4 Å². The van der Waals surface area contributed by atoms with Gasteiger partial charge in [0.1, 0.15) is 27.2 Å². The van der Waals surface area contributed by atoms with Crippen LogP contribution in [-0.4, -0.2) is 48.8 Å². The summed E-state index contributed by atoms with van der Waals surface area (Å²) in [5, 5.41) is 2.83. The first kappa shape index (κ1) is 19.2. The van der Waals surface area contributed by atoms with Gasteiger partial charge < -0.3 is 4.42 Å². The molecule has 1 aromatic carbocycles. The second-order valence-electron chi connectivity index (χ2n) is 6.36. The van der Waals surface area contributed by atoms with Crippen molar-refractivity contribution in [3.8, 4) is 11.5 Å². The van der Waals surface area contributed by atoms with E-state index in [-0.39, 0.29) is 13.1 Å². The lowest BCUT2D eigenvalue weighted by atomic mass is 10.3. The molecule has 1 aliphatic rings. The molecule has 0 spiro atoms. The highest BCUT2D eigenvalue weighted by atomic mass is 32.2. The quantitative estimate of drug-likeness (QED) is 0.628. The monoisotopic (exact) mass is 425 g/mol. The minimum Gasteiger partial charge on any atom is -0.463 e. The summed E-state index contributed by atoms with van der Waals surface area (Å²) in [7, 11) is -3.99. The smallest absolute Gasteiger partial charge is 0.246 e. The first-order chi connectivity index (χ1) is 13.4. The first-order valence-corrected chi connectivity index (χ1v) is 10.9. The van der Waals surface area contributed by atoms with Gasteiger partial charge in [0.25, 0.3) is 0 Å². The molecule has 3 aromatic rings. The summed E-state index contributed by atoms with van der Waals surface area (Å²) in [6.07, 6.45) is 1.60. The number of hydrogen-bond donors (Lipinski definition) is 0. The Morgan fingerprint density at radius 3 is 2.61 bits per heavy atom. The Bertz CT molecular complexity index is 1060. The molecule has 1 fully saturated rings. The Kier molecular flexibility index (Phi) is 5.28. The van der Waals surface area contributed by atoms with Gasteiger partial charge in [0.05, 0.1) is 12.8 Å².